The van der Waals surface area contributed by atoms with Gasteiger partial charge in [0.25, 0.3) is 11.8 Å². The monoisotopic (exact) mass is 513 g/mol. The van der Waals surface area contributed by atoms with Crippen molar-refractivity contribution in [1.82, 2.24) is 24.3 Å². The molecule has 1 aliphatic rings. The molecule has 9 nitrogen and oxygen atoms in total. The molecule has 0 aliphatic carbocycles. The van der Waals surface area contributed by atoms with E-state index in [0.717, 1.165) is 41.9 Å². The molecule has 37 heavy (non-hydrogen) atoms. The molecule has 3 aromatic heterocycles. The molecule has 1 aromatic carbocycles. The molecule has 1 atom stereocenters. The van der Waals surface area contributed by atoms with Gasteiger partial charge in [-0.15, -0.1) is 11.3 Å². The summed E-state index contributed by atoms with van der Waals surface area (Å²) in [6.07, 6.45) is 8.81. The first-order chi connectivity index (χ1) is 18.0. The predicted molar refractivity (Wildman–Crippen MR) is 144 cm³/mol. The lowest BCUT2D eigenvalue weighted by Gasteiger charge is -2.33. The third-order valence-corrected chi connectivity index (χ3v) is 7.50. The van der Waals surface area contributed by atoms with Gasteiger partial charge in [0.1, 0.15) is 22.9 Å². The number of thiazole rings is 1. The first-order valence-corrected chi connectivity index (χ1v) is 13.0. The lowest BCUT2D eigenvalue weighted by Crippen LogP contribution is -2.38. The molecule has 0 saturated carbocycles. The number of carbonyl (C=O) groups is 2. The van der Waals surface area contributed by atoms with Crippen molar-refractivity contribution in [3.8, 4) is 23.1 Å². The van der Waals surface area contributed by atoms with Gasteiger partial charge in [-0.2, -0.15) is 0 Å². The zero-order chi connectivity index (χ0) is 25.9. The van der Waals surface area contributed by atoms with Gasteiger partial charge >= 0.3 is 0 Å². The molecule has 0 spiro atoms. The first kappa shape index (κ1) is 24.5. The summed E-state index contributed by atoms with van der Waals surface area (Å²) < 4.78 is 1.92. The number of hydrogen-bond acceptors (Lipinski definition) is 7. The van der Waals surface area contributed by atoms with E-state index in [9.17, 15) is 9.59 Å². The Bertz CT molecular complexity index is 1530. The number of rotatable bonds is 5. The van der Waals surface area contributed by atoms with Crippen molar-refractivity contribution in [2.24, 2.45) is 0 Å². The smallest absolute Gasteiger partial charge is 0.299 e. The van der Waals surface area contributed by atoms with Gasteiger partial charge in [-0.25, -0.2) is 15.0 Å². The van der Waals surface area contributed by atoms with E-state index in [1.54, 1.807) is 36.4 Å². The summed E-state index contributed by atoms with van der Waals surface area (Å²) in [6.45, 7) is 4.34. The number of benzene rings is 1. The van der Waals surface area contributed by atoms with Crippen LogP contribution < -0.4 is 11.1 Å². The molecule has 188 valence electrons. The topological polar surface area (TPSA) is 119 Å². The van der Waals surface area contributed by atoms with Gasteiger partial charge in [0.2, 0.25) is 0 Å². The summed E-state index contributed by atoms with van der Waals surface area (Å²) >= 11 is 1.47. The number of nitrogens with zero attached hydrogens (tertiary/aromatic N) is 5. The van der Waals surface area contributed by atoms with Gasteiger partial charge in [-0.1, -0.05) is 25.0 Å². The normalized spacial score (nSPS) is 15.3. The number of nitrogens with two attached hydrogens (primary N) is 1. The molecule has 5 rings (SSSR count). The maximum Gasteiger partial charge on any atom is 0.299 e. The molecule has 10 heteroatoms. The number of fused-ring (bicyclic) bond motifs is 1. The van der Waals surface area contributed by atoms with Crippen molar-refractivity contribution in [2.45, 2.75) is 45.6 Å². The molecular weight excluding hydrogens is 486 g/mol. The van der Waals surface area contributed by atoms with Crippen molar-refractivity contribution in [1.29, 1.82) is 0 Å². The number of likely N-dealkylation sites (tertiary alicyclic amines) is 1. The fourth-order valence-electron chi connectivity index (χ4n) is 4.62. The Hall–Kier alpha value is -4.23. The van der Waals surface area contributed by atoms with Crippen LogP contribution in [0, 0.1) is 11.8 Å². The molecule has 0 radical (unpaired) electrons. The molecule has 1 unspecified atom stereocenters. The largest absolute Gasteiger partial charge is 0.382 e. The highest BCUT2D eigenvalue weighted by Gasteiger charge is 2.32. The maximum atomic E-state index is 12.7. The number of aryl methyl sites for hydroxylation is 1. The predicted octanol–water partition coefficient (Wildman–Crippen LogP) is 4.33. The summed E-state index contributed by atoms with van der Waals surface area (Å²) in [5, 5.41) is 3.43. The zero-order valence-electron chi connectivity index (χ0n) is 20.7. The van der Waals surface area contributed by atoms with E-state index in [-0.39, 0.29) is 17.9 Å². The number of amides is 2. The number of carbonyl (C=O) groups excluding carboxylic acids is 2. The molecule has 4 aromatic rings. The van der Waals surface area contributed by atoms with Crippen LogP contribution in [0.15, 0.2) is 42.9 Å². The van der Waals surface area contributed by atoms with E-state index in [1.807, 2.05) is 29.7 Å². The number of nitrogen functional groups attached to an aromatic ring is 1. The van der Waals surface area contributed by atoms with E-state index in [1.165, 1.54) is 11.3 Å². The number of piperidine rings is 1. The molecular formula is C27H27N7O2S. The minimum atomic E-state index is -0.228. The van der Waals surface area contributed by atoms with Gasteiger partial charge in [-0.3, -0.25) is 19.3 Å². The van der Waals surface area contributed by atoms with Crippen molar-refractivity contribution >= 4 is 39.6 Å². The van der Waals surface area contributed by atoms with Crippen molar-refractivity contribution < 1.29 is 9.59 Å². The lowest BCUT2D eigenvalue weighted by atomic mass is 10.0. The number of aromatic nitrogens is 4. The van der Waals surface area contributed by atoms with Gasteiger partial charge in [0.15, 0.2) is 5.13 Å². The Morgan fingerprint density at radius 1 is 1.22 bits per heavy atom. The quantitative estimate of drug-likeness (QED) is 0.384. The van der Waals surface area contributed by atoms with Crippen LogP contribution in [0.25, 0.3) is 16.8 Å². The molecule has 3 N–H and O–H groups in total. The second kappa shape index (κ2) is 10.4. The Labute approximate surface area is 218 Å². The lowest BCUT2D eigenvalue weighted by molar-refractivity contribution is -0.129. The van der Waals surface area contributed by atoms with Crippen molar-refractivity contribution in [2.75, 3.05) is 17.6 Å². The van der Waals surface area contributed by atoms with E-state index in [4.69, 9.17) is 10.7 Å². The van der Waals surface area contributed by atoms with Crippen LogP contribution in [0.3, 0.4) is 0 Å². The second-order valence-electron chi connectivity index (χ2n) is 8.75. The third kappa shape index (κ3) is 4.78. The van der Waals surface area contributed by atoms with E-state index < -0.39 is 0 Å². The van der Waals surface area contributed by atoms with Crippen molar-refractivity contribution in [3.63, 3.8) is 0 Å². The molecule has 1 fully saturated rings. The average molecular weight is 514 g/mol. The Kier molecular flexibility index (Phi) is 6.88. The van der Waals surface area contributed by atoms with E-state index >= 15 is 0 Å². The summed E-state index contributed by atoms with van der Waals surface area (Å²) in [5.41, 5.74) is 8.94. The van der Waals surface area contributed by atoms with Crippen LogP contribution in [0.4, 0.5) is 10.9 Å². The minimum Gasteiger partial charge on any atom is -0.382 e. The third-order valence-electron chi connectivity index (χ3n) is 6.45. The van der Waals surface area contributed by atoms with Crippen LogP contribution in [0.2, 0.25) is 0 Å². The Balaban J connectivity index is 1.49. The summed E-state index contributed by atoms with van der Waals surface area (Å²) in [4.78, 5) is 41.9. The highest BCUT2D eigenvalue weighted by atomic mass is 32.1. The molecule has 2 amide bonds. The van der Waals surface area contributed by atoms with Crippen LogP contribution in [-0.2, 0) is 11.2 Å². The summed E-state index contributed by atoms with van der Waals surface area (Å²) in [5.74, 6) is 6.03. The number of imidazole rings is 1. The molecule has 1 saturated heterocycles. The summed E-state index contributed by atoms with van der Waals surface area (Å²) in [6, 6.07) is 6.98. The molecule has 1 aliphatic heterocycles. The minimum absolute atomic E-state index is 0.200. The number of nitrogens with one attached hydrogen (secondary N) is 1. The highest BCUT2D eigenvalue weighted by Crippen LogP contribution is 2.36. The number of anilines is 2. The van der Waals surface area contributed by atoms with Crippen molar-refractivity contribution in [3.05, 3.63) is 59.1 Å². The Morgan fingerprint density at radius 3 is 2.76 bits per heavy atom. The van der Waals surface area contributed by atoms with Crippen LogP contribution in [-0.4, -0.2) is 42.6 Å². The highest BCUT2D eigenvalue weighted by molar-refractivity contribution is 7.15. The van der Waals surface area contributed by atoms with Gasteiger partial charge < -0.3 is 10.6 Å². The SMILES string of the molecule is CC#CC(=O)N1CCCCC1c1nc(-c2ccc(C(=O)Nc3ncc(CC)s3)cc2)c2c(N)nccn12. The van der Waals surface area contributed by atoms with Crippen LogP contribution >= 0.6 is 11.3 Å². The summed E-state index contributed by atoms with van der Waals surface area (Å²) in [7, 11) is 0. The second-order valence-corrected chi connectivity index (χ2v) is 9.87. The maximum absolute atomic E-state index is 12.7. The fraction of sp³-hybridized carbons (Fsp3) is 0.296. The average Bonchev–Trinajstić information content (AvgIpc) is 3.54. The van der Waals surface area contributed by atoms with Gasteiger partial charge in [0.05, 0.1) is 6.04 Å². The van der Waals surface area contributed by atoms with Crippen LogP contribution in [0.5, 0.6) is 0 Å². The van der Waals surface area contributed by atoms with Gasteiger partial charge in [-0.05, 0) is 50.7 Å². The molecule has 4 heterocycles. The van der Waals surface area contributed by atoms with Gasteiger partial charge in [0, 0.05) is 41.1 Å². The van der Waals surface area contributed by atoms with E-state index in [2.05, 4.69) is 27.1 Å². The first-order valence-electron chi connectivity index (χ1n) is 12.2. The standard InChI is InChI=1S/C27H27N7O2S/c1-3-7-21(35)33-14-6-5-8-20(33)25-31-22(23-24(28)29-13-15-34(23)25)17-9-11-18(12-10-17)26(36)32-27-30-16-19(4-2)37-27/h9-13,15-16,20H,4-6,8,14H2,1-2H3,(H2,28,29)(H,30,32,36). The zero-order valence-corrected chi connectivity index (χ0v) is 21.5. The fourth-order valence-corrected chi connectivity index (χ4v) is 5.37. The Morgan fingerprint density at radius 2 is 2.03 bits per heavy atom. The molecule has 0 bridgehead atoms. The van der Waals surface area contributed by atoms with Crippen LogP contribution in [0.1, 0.15) is 60.2 Å². The van der Waals surface area contributed by atoms with E-state index in [0.29, 0.717) is 34.3 Å². The number of hydrogen-bond donors (Lipinski definition) is 2.